The van der Waals surface area contributed by atoms with E-state index in [-0.39, 0.29) is 4.75 Å². The molecule has 1 aromatic carbocycles. The molecule has 0 aliphatic heterocycles. The average Bonchev–Trinajstić information content (AvgIpc) is 2.45. The largest absolute Gasteiger partial charge is 0.497 e. The lowest BCUT2D eigenvalue weighted by Crippen LogP contribution is -2.32. The number of benzene rings is 1. The zero-order valence-electron chi connectivity index (χ0n) is 13.6. The maximum absolute atomic E-state index is 12.1. The van der Waals surface area contributed by atoms with Gasteiger partial charge in [-0.1, -0.05) is 6.07 Å². The SMILES string of the molecule is COc1ccc2c(c1)CCCC2NCCS(=O)C(C)(C)C. The van der Waals surface area contributed by atoms with Crippen LogP contribution in [0.1, 0.15) is 50.8 Å². The first-order valence-electron chi connectivity index (χ1n) is 7.70. The van der Waals surface area contributed by atoms with Crippen LogP contribution < -0.4 is 10.1 Å². The van der Waals surface area contributed by atoms with Gasteiger partial charge in [-0.15, -0.1) is 0 Å². The predicted octanol–water partition coefficient (Wildman–Crippen LogP) is 3.21. The Morgan fingerprint density at radius 2 is 2.14 bits per heavy atom. The molecule has 2 unspecified atom stereocenters. The normalized spacial score (nSPS) is 19.9. The van der Waals surface area contributed by atoms with Gasteiger partial charge < -0.3 is 10.1 Å². The molecule has 0 amide bonds. The fourth-order valence-electron chi connectivity index (χ4n) is 2.76. The van der Waals surface area contributed by atoms with Gasteiger partial charge in [0.25, 0.3) is 0 Å². The van der Waals surface area contributed by atoms with Crippen molar-refractivity contribution in [1.29, 1.82) is 0 Å². The monoisotopic (exact) mass is 309 g/mol. The van der Waals surface area contributed by atoms with E-state index in [1.54, 1.807) is 7.11 Å². The summed E-state index contributed by atoms with van der Waals surface area (Å²) in [7, 11) is 0.923. The minimum absolute atomic E-state index is 0.125. The van der Waals surface area contributed by atoms with Gasteiger partial charge in [-0.2, -0.15) is 0 Å². The molecule has 21 heavy (non-hydrogen) atoms. The van der Waals surface area contributed by atoms with Crippen molar-refractivity contribution in [3.05, 3.63) is 29.3 Å². The van der Waals surface area contributed by atoms with Crippen molar-refractivity contribution in [3.8, 4) is 5.75 Å². The van der Waals surface area contributed by atoms with E-state index in [9.17, 15) is 4.21 Å². The predicted molar refractivity (Wildman–Crippen MR) is 89.4 cm³/mol. The Labute approximate surface area is 130 Å². The molecule has 3 nitrogen and oxygen atoms in total. The van der Waals surface area contributed by atoms with Gasteiger partial charge in [0.2, 0.25) is 0 Å². The first-order valence-corrected chi connectivity index (χ1v) is 9.02. The Balaban J connectivity index is 1.96. The van der Waals surface area contributed by atoms with Crippen molar-refractivity contribution in [2.24, 2.45) is 0 Å². The van der Waals surface area contributed by atoms with Crippen LogP contribution in [-0.2, 0) is 17.2 Å². The number of nitrogens with one attached hydrogen (secondary N) is 1. The molecular weight excluding hydrogens is 282 g/mol. The highest BCUT2D eigenvalue weighted by Crippen LogP contribution is 2.32. The van der Waals surface area contributed by atoms with Crippen molar-refractivity contribution in [2.75, 3.05) is 19.4 Å². The molecule has 0 saturated carbocycles. The Kier molecular flexibility index (Phi) is 5.44. The zero-order chi connectivity index (χ0) is 15.5. The zero-order valence-corrected chi connectivity index (χ0v) is 14.4. The van der Waals surface area contributed by atoms with Crippen LogP contribution in [0, 0.1) is 0 Å². The summed E-state index contributed by atoms with van der Waals surface area (Å²) in [6.45, 7) is 6.90. The summed E-state index contributed by atoms with van der Waals surface area (Å²) in [5.74, 6) is 1.65. The van der Waals surface area contributed by atoms with Crippen LogP contribution in [0.3, 0.4) is 0 Å². The van der Waals surface area contributed by atoms with Gasteiger partial charge in [-0.05, 0) is 63.3 Å². The lowest BCUT2D eigenvalue weighted by molar-refractivity contribution is 0.411. The molecule has 0 saturated heterocycles. The van der Waals surface area contributed by atoms with Crippen molar-refractivity contribution in [2.45, 2.75) is 50.8 Å². The van der Waals surface area contributed by atoms with Crippen LogP contribution in [0.4, 0.5) is 0 Å². The van der Waals surface area contributed by atoms with E-state index in [0.717, 1.165) is 25.1 Å². The molecule has 1 aromatic rings. The first-order chi connectivity index (χ1) is 9.91. The van der Waals surface area contributed by atoms with Gasteiger partial charge >= 0.3 is 0 Å². The van der Waals surface area contributed by atoms with E-state index in [4.69, 9.17) is 4.74 Å². The summed E-state index contributed by atoms with van der Waals surface area (Å²) in [4.78, 5) is 0. The highest BCUT2D eigenvalue weighted by Gasteiger charge is 2.22. The lowest BCUT2D eigenvalue weighted by Gasteiger charge is -2.27. The average molecular weight is 309 g/mol. The van der Waals surface area contributed by atoms with Crippen LogP contribution in [0.25, 0.3) is 0 Å². The first kappa shape index (κ1) is 16.5. The van der Waals surface area contributed by atoms with E-state index in [0.29, 0.717) is 11.8 Å². The van der Waals surface area contributed by atoms with E-state index in [1.807, 2.05) is 26.8 Å². The highest BCUT2D eigenvalue weighted by atomic mass is 32.2. The highest BCUT2D eigenvalue weighted by molar-refractivity contribution is 7.86. The molecule has 0 heterocycles. The van der Waals surface area contributed by atoms with E-state index in [2.05, 4.69) is 17.4 Å². The molecule has 0 fully saturated rings. The van der Waals surface area contributed by atoms with Gasteiger partial charge in [0.15, 0.2) is 0 Å². The fraction of sp³-hybridized carbons (Fsp3) is 0.647. The van der Waals surface area contributed by atoms with Crippen LogP contribution in [-0.4, -0.2) is 28.4 Å². The van der Waals surface area contributed by atoms with Crippen LogP contribution in [0.5, 0.6) is 5.75 Å². The Hall–Kier alpha value is -0.870. The summed E-state index contributed by atoms with van der Waals surface area (Å²) >= 11 is 0. The molecule has 1 aliphatic carbocycles. The van der Waals surface area contributed by atoms with Gasteiger partial charge in [0, 0.05) is 33.9 Å². The summed E-state index contributed by atoms with van der Waals surface area (Å²) in [6.07, 6.45) is 3.47. The topological polar surface area (TPSA) is 38.3 Å². The van der Waals surface area contributed by atoms with E-state index >= 15 is 0 Å². The van der Waals surface area contributed by atoms with Crippen LogP contribution in [0.2, 0.25) is 0 Å². The third-order valence-electron chi connectivity index (χ3n) is 4.03. The van der Waals surface area contributed by atoms with Gasteiger partial charge in [0.1, 0.15) is 5.75 Å². The number of ether oxygens (including phenoxy) is 1. The fourth-order valence-corrected chi connectivity index (χ4v) is 3.68. The quantitative estimate of drug-likeness (QED) is 0.907. The second-order valence-electron chi connectivity index (χ2n) is 6.63. The van der Waals surface area contributed by atoms with Crippen molar-refractivity contribution < 1.29 is 8.95 Å². The summed E-state index contributed by atoms with van der Waals surface area (Å²) < 4.78 is 17.3. The van der Waals surface area contributed by atoms with Gasteiger partial charge in [0.05, 0.1) is 7.11 Å². The molecule has 1 aliphatic rings. The second kappa shape index (κ2) is 6.93. The molecular formula is C17H27NO2S. The van der Waals surface area contributed by atoms with Crippen LogP contribution in [0.15, 0.2) is 18.2 Å². The molecule has 0 bridgehead atoms. The number of aryl methyl sites for hydroxylation is 1. The number of hydrogen-bond acceptors (Lipinski definition) is 3. The third kappa shape index (κ3) is 4.30. The number of rotatable bonds is 5. The van der Waals surface area contributed by atoms with Gasteiger partial charge in [-0.3, -0.25) is 4.21 Å². The minimum atomic E-state index is -0.787. The Bertz CT molecular complexity index is 508. The van der Waals surface area contributed by atoms with E-state index in [1.165, 1.54) is 17.5 Å². The smallest absolute Gasteiger partial charge is 0.119 e. The molecule has 4 heteroatoms. The molecule has 1 N–H and O–H groups in total. The standard InChI is InChI=1S/C17H27NO2S/c1-17(2,3)21(19)11-10-18-16-7-5-6-13-12-14(20-4)8-9-15(13)16/h8-9,12,16,18H,5-7,10-11H2,1-4H3. The van der Waals surface area contributed by atoms with Crippen LogP contribution >= 0.6 is 0 Å². The third-order valence-corrected chi connectivity index (χ3v) is 5.97. The van der Waals surface area contributed by atoms with Crippen molar-refractivity contribution >= 4 is 10.8 Å². The molecule has 0 aromatic heterocycles. The second-order valence-corrected chi connectivity index (χ2v) is 8.95. The maximum atomic E-state index is 12.1. The van der Waals surface area contributed by atoms with Gasteiger partial charge in [-0.25, -0.2) is 0 Å². The summed E-state index contributed by atoms with van der Waals surface area (Å²) in [5, 5.41) is 3.58. The molecule has 2 atom stereocenters. The molecule has 0 spiro atoms. The summed E-state index contributed by atoms with van der Waals surface area (Å²) in [5.41, 5.74) is 2.76. The van der Waals surface area contributed by atoms with Crippen molar-refractivity contribution in [1.82, 2.24) is 5.32 Å². The van der Waals surface area contributed by atoms with Crippen molar-refractivity contribution in [3.63, 3.8) is 0 Å². The maximum Gasteiger partial charge on any atom is 0.119 e. The number of fused-ring (bicyclic) bond motifs is 1. The summed E-state index contributed by atoms with van der Waals surface area (Å²) in [6, 6.07) is 6.74. The number of methoxy groups -OCH3 is 1. The molecule has 118 valence electrons. The van der Waals surface area contributed by atoms with E-state index < -0.39 is 10.8 Å². The Morgan fingerprint density at radius 3 is 2.81 bits per heavy atom. The molecule has 2 rings (SSSR count). The lowest BCUT2D eigenvalue weighted by atomic mass is 9.87. The Morgan fingerprint density at radius 1 is 1.38 bits per heavy atom. The minimum Gasteiger partial charge on any atom is -0.497 e. The molecule has 0 radical (unpaired) electrons. The number of hydrogen-bond donors (Lipinski definition) is 1.